The summed E-state index contributed by atoms with van der Waals surface area (Å²) >= 11 is 4.24. The van der Waals surface area contributed by atoms with Crippen molar-refractivity contribution in [3.05, 3.63) is 36.1 Å². The quantitative estimate of drug-likeness (QED) is 0.733. The molecule has 0 N–H and O–H groups in total. The lowest BCUT2D eigenvalue weighted by atomic mass is 10.1. The summed E-state index contributed by atoms with van der Waals surface area (Å²) in [6.45, 7) is 3.86. The van der Waals surface area contributed by atoms with Crippen LogP contribution in [0.3, 0.4) is 0 Å². The maximum Gasteiger partial charge on any atom is 0.255 e. The average molecular weight is 230 g/mol. The Morgan fingerprint density at radius 2 is 2.27 bits per heavy atom. The van der Waals surface area contributed by atoms with E-state index in [2.05, 4.69) is 19.2 Å². The summed E-state index contributed by atoms with van der Waals surface area (Å²) in [4.78, 5) is 0. The molecule has 0 heterocycles. The number of hydrogen-bond donors (Lipinski definition) is 1. The van der Waals surface area contributed by atoms with Crippen LogP contribution in [0.1, 0.15) is 6.42 Å². The van der Waals surface area contributed by atoms with E-state index in [9.17, 15) is 8.78 Å². The molecule has 0 aromatic heterocycles. The topological polar surface area (TPSA) is 9.23 Å². The monoisotopic (exact) mass is 230 g/mol. The van der Waals surface area contributed by atoms with E-state index in [-0.39, 0.29) is 18.3 Å². The molecule has 0 aliphatic heterocycles. The first-order valence-corrected chi connectivity index (χ1v) is 5.28. The van der Waals surface area contributed by atoms with E-state index in [1.807, 2.05) is 6.08 Å². The van der Waals surface area contributed by atoms with Crippen molar-refractivity contribution in [2.45, 2.75) is 17.6 Å². The molecule has 2 atom stereocenters. The molecule has 1 saturated carbocycles. The molecule has 2 rings (SSSR count). The van der Waals surface area contributed by atoms with Gasteiger partial charge in [0.05, 0.1) is 12.5 Å². The van der Waals surface area contributed by atoms with Crippen molar-refractivity contribution in [2.75, 3.05) is 6.61 Å². The normalized spacial score (nSPS) is 32.5. The first-order valence-electron chi connectivity index (χ1n) is 4.76. The van der Waals surface area contributed by atoms with Crippen LogP contribution in [-0.2, 0) is 4.74 Å². The highest BCUT2D eigenvalue weighted by Crippen LogP contribution is 2.48. The van der Waals surface area contributed by atoms with Crippen LogP contribution in [0.5, 0.6) is 0 Å². The van der Waals surface area contributed by atoms with Gasteiger partial charge in [-0.1, -0.05) is 12.7 Å². The second-order valence-corrected chi connectivity index (χ2v) is 4.46. The lowest BCUT2D eigenvalue weighted by Crippen LogP contribution is -2.06. The predicted octanol–water partition coefficient (Wildman–Crippen LogP) is 2.97. The van der Waals surface area contributed by atoms with Gasteiger partial charge in [0.2, 0.25) is 0 Å². The van der Waals surface area contributed by atoms with E-state index in [4.69, 9.17) is 4.74 Å². The van der Waals surface area contributed by atoms with Gasteiger partial charge in [0, 0.05) is 11.7 Å². The number of halogens is 2. The van der Waals surface area contributed by atoms with Gasteiger partial charge in [0.15, 0.2) is 0 Å². The summed E-state index contributed by atoms with van der Waals surface area (Å²) < 4.78 is 30.3. The van der Waals surface area contributed by atoms with Gasteiger partial charge < -0.3 is 4.74 Å². The minimum Gasteiger partial charge on any atom is -0.493 e. The maximum absolute atomic E-state index is 12.5. The van der Waals surface area contributed by atoms with Crippen LogP contribution in [0.15, 0.2) is 36.1 Å². The summed E-state index contributed by atoms with van der Waals surface area (Å²) in [6.07, 6.45) is 5.25. The Morgan fingerprint density at radius 1 is 1.60 bits per heavy atom. The third-order valence-electron chi connectivity index (χ3n) is 2.56. The molecule has 82 valence electrons. The van der Waals surface area contributed by atoms with Crippen molar-refractivity contribution >= 4 is 12.6 Å². The van der Waals surface area contributed by atoms with Crippen LogP contribution < -0.4 is 0 Å². The van der Waals surface area contributed by atoms with Gasteiger partial charge in [0.25, 0.3) is 5.92 Å². The minimum atomic E-state index is -2.51. The SMILES string of the molecule is C=C1C=C(OCC2CC2(F)F)C=CC1S. The zero-order valence-corrected chi connectivity index (χ0v) is 9.01. The molecular weight excluding hydrogens is 218 g/mol. The molecule has 1 nitrogen and oxygen atoms in total. The van der Waals surface area contributed by atoms with Gasteiger partial charge in [-0.15, -0.1) is 0 Å². The van der Waals surface area contributed by atoms with Gasteiger partial charge >= 0.3 is 0 Å². The molecule has 0 bridgehead atoms. The molecule has 0 saturated heterocycles. The van der Waals surface area contributed by atoms with Gasteiger partial charge in [-0.25, -0.2) is 8.78 Å². The van der Waals surface area contributed by atoms with E-state index in [1.54, 1.807) is 12.2 Å². The minimum absolute atomic E-state index is 0.000263. The van der Waals surface area contributed by atoms with Crippen molar-refractivity contribution in [1.29, 1.82) is 0 Å². The van der Waals surface area contributed by atoms with E-state index in [1.165, 1.54) is 0 Å². The first kappa shape index (κ1) is 10.7. The van der Waals surface area contributed by atoms with E-state index < -0.39 is 11.8 Å². The molecule has 4 heteroatoms. The smallest absolute Gasteiger partial charge is 0.255 e. The zero-order valence-electron chi connectivity index (χ0n) is 8.12. The summed E-state index contributed by atoms with van der Waals surface area (Å²) in [7, 11) is 0. The van der Waals surface area contributed by atoms with Crippen LogP contribution >= 0.6 is 12.6 Å². The molecule has 0 radical (unpaired) electrons. The number of ether oxygens (including phenoxy) is 1. The van der Waals surface area contributed by atoms with Crippen LogP contribution in [0.4, 0.5) is 8.78 Å². The molecule has 2 unspecified atom stereocenters. The van der Waals surface area contributed by atoms with E-state index in [0.717, 1.165) is 5.57 Å². The van der Waals surface area contributed by atoms with Crippen LogP contribution in [0.25, 0.3) is 0 Å². The van der Waals surface area contributed by atoms with Crippen molar-refractivity contribution in [3.8, 4) is 0 Å². The number of rotatable bonds is 3. The largest absolute Gasteiger partial charge is 0.493 e. The summed E-state index contributed by atoms with van der Waals surface area (Å²) in [5, 5.41) is -0.000263. The van der Waals surface area contributed by atoms with Crippen LogP contribution in [0.2, 0.25) is 0 Å². The Bertz CT molecular complexity index is 346. The Hall–Kier alpha value is -0.770. The number of alkyl halides is 2. The standard InChI is InChI=1S/C11H12F2OS/c1-7-4-9(2-3-10(7)15)14-6-8-5-11(8,12)13/h2-4,8,10,15H,1,5-6H2. The highest BCUT2D eigenvalue weighted by Gasteiger charge is 2.57. The van der Waals surface area contributed by atoms with Gasteiger partial charge in [-0.05, 0) is 17.7 Å². The second kappa shape index (κ2) is 3.67. The second-order valence-electron chi connectivity index (χ2n) is 3.90. The highest BCUT2D eigenvalue weighted by atomic mass is 32.1. The third kappa shape index (κ3) is 2.43. The molecule has 0 aromatic carbocycles. The lowest BCUT2D eigenvalue weighted by Gasteiger charge is -2.14. The molecule has 2 aliphatic carbocycles. The molecular formula is C11H12F2OS. The summed E-state index contributed by atoms with van der Waals surface area (Å²) in [5.41, 5.74) is 0.818. The molecule has 0 amide bonds. The Balaban J connectivity index is 1.84. The number of hydrogen-bond acceptors (Lipinski definition) is 2. The van der Waals surface area contributed by atoms with Gasteiger partial charge in [-0.3, -0.25) is 0 Å². The Morgan fingerprint density at radius 3 is 2.80 bits per heavy atom. The third-order valence-corrected chi connectivity index (χ3v) is 3.06. The van der Waals surface area contributed by atoms with Crippen molar-refractivity contribution < 1.29 is 13.5 Å². The molecule has 2 aliphatic rings. The maximum atomic E-state index is 12.5. The van der Waals surface area contributed by atoms with Gasteiger partial charge in [-0.2, -0.15) is 12.6 Å². The number of thiol groups is 1. The van der Waals surface area contributed by atoms with E-state index >= 15 is 0 Å². The van der Waals surface area contributed by atoms with Crippen LogP contribution in [-0.4, -0.2) is 17.8 Å². The highest BCUT2D eigenvalue weighted by molar-refractivity contribution is 7.81. The Kier molecular flexibility index (Phi) is 2.63. The number of allylic oxidation sites excluding steroid dienone is 2. The van der Waals surface area contributed by atoms with E-state index in [0.29, 0.717) is 5.76 Å². The average Bonchev–Trinajstić information content (AvgIpc) is 2.77. The molecule has 15 heavy (non-hydrogen) atoms. The molecule has 1 fully saturated rings. The predicted molar refractivity (Wildman–Crippen MR) is 58.1 cm³/mol. The molecule has 0 spiro atoms. The van der Waals surface area contributed by atoms with Gasteiger partial charge in [0.1, 0.15) is 5.76 Å². The fraction of sp³-hybridized carbons (Fsp3) is 0.455. The zero-order chi connectivity index (χ0) is 11.1. The van der Waals surface area contributed by atoms with Crippen molar-refractivity contribution in [2.24, 2.45) is 5.92 Å². The summed E-state index contributed by atoms with van der Waals surface area (Å²) in [5.74, 6) is -2.54. The molecule has 0 aromatic rings. The first-order chi connectivity index (χ1) is 6.99. The van der Waals surface area contributed by atoms with Crippen molar-refractivity contribution in [1.82, 2.24) is 0 Å². The summed E-state index contributed by atoms with van der Waals surface area (Å²) in [6, 6.07) is 0. The fourth-order valence-electron chi connectivity index (χ4n) is 1.36. The Labute approximate surface area is 92.9 Å². The fourth-order valence-corrected chi connectivity index (χ4v) is 1.52. The van der Waals surface area contributed by atoms with Crippen LogP contribution in [0, 0.1) is 5.92 Å². The van der Waals surface area contributed by atoms with Crippen molar-refractivity contribution in [3.63, 3.8) is 0 Å². The lowest BCUT2D eigenvalue weighted by molar-refractivity contribution is 0.0753.